The van der Waals surface area contributed by atoms with E-state index in [0.717, 1.165) is 4.47 Å². The second kappa shape index (κ2) is 6.75. The molecule has 1 aromatic rings. The van der Waals surface area contributed by atoms with Crippen molar-refractivity contribution in [2.45, 2.75) is 19.9 Å². The number of hydrogen-bond acceptors (Lipinski definition) is 3. The van der Waals surface area contributed by atoms with E-state index in [0.29, 0.717) is 23.8 Å². The van der Waals surface area contributed by atoms with Crippen molar-refractivity contribution in [3.05, 3.63) is 28.2 Å². The van der Waals surface area contributed by atoms with Crippen LogP contribution in [-0.4, -0.2) is 25.6 Å². The van der Waals surface area contributed by atoms with Gasteiger partial charge in [0.2, 0.25) is 0 Å². The summed E-state index contributed by atoms with van der Waals surface area (Å²) in [6.07, 6.45) is 0. The molecule has 0 aliphatic heterocycles. The van der Waals surface area contributed by atoms with Crippen molar-refractivity contribution in [3.63, 3.8) is 0 Å². The maximum atomic E-state index is 11.9. The summed E-state index contributed by atoms with van der Waals surface area (Å²) in [4.78, 5) is 11.9. The standard InChI is InChI=1S/C13H19BrN2O2/c1-8(2)11(15)7-16-13(17)9-4-5-12(18-3)10(14)6-9/h4-6,8,11H,7,15H2,1-3H3,(H,16,17). The topological polar surface area (TPSA) is 64.3 Å². The first-order valence-electron chi connectivity index (χ1n) is 5.83. The van der Waals surface area contributed by atoms with E-state index in [9.17, 15) is 4.79 Å². The Morgan fingerprint density at radius 2 is 2.17 bits per heavy atom. The Hall–Kier alpha value is -1.07. The quantitative estimate of drug-likeness (QED) is 0.875. The number of carbonyl (C=O) groups is 1. The highest BCUT2D eigenvalue weighted by molar-refractivity contribution is 9.10. The van der Waals surface area contributed by atoms with E-state index in [4.69, 9.17) is 10.5 Å². The van der Waals surface area contributed by atoms with Crippen molar-refractivity contribution in [2.75, 3.05) is 13.7 Å². The molecule has 4 nitrogen and oxygen atoms in total. The molecule has 100 valence electrons. The molecular weight excluding hydrogens is 296 g/mol. The smallest absolute Gasteiger partial charge is 0.251 e. The molecule has 0 saturated carbocycles. The monoisotopic (exact) mass is 314 g/mol. The van der Waals surface area contributed by atoms with Crippen LogP contribution >= 0.6 is 15.9 Å². The van der Waals surface area contributed by atoms with Gasteiger partial charge in [-0.05, 0) is 40.0 Å². The number of benzene rings is 1. The summed E-state index contributed by atoms with van der Waals surface area (Å²) < 4.78 is 5.87. The molecule has 1 unspecified atom stereocenters. The van der Waals surface area contributed by atoms with Gasteiger partial charge in [-0.25, -0.2) is 0 Å². The van der Waals surface area contributed by atoms with Crippen molar-refractivity contribution >= 4 is 21.8 Å². The third-order valence-electron chi connectivity index (χ3n) is 2.77. The molecule has 5 heteroatoms. The van der Waals surface area contributed by atoms with E-state index in [-0.39, 0.29) is 11.9 Å². The number of amides is 1. The molecule has 1 atom stereocenters. The Morgan fingerprint density at radius 1 is 1.50 bits per heavy atom. The molecule has 1 rings (SSSR count). The van der Waals surface area contributed by atoms with Crippen LogP contribution in [0.15, 0.2) is 22.7 Å². The first-order valence-corrected chi connectivity index (χ1v) is 6.62. The summed E-state index contributed by atoms with van der Waals surface area (Å²) >= 11 is 3.35. The second-order valence-electron chi connectivity index (χ2n) is 4.47. The van der Waals surface area contributed by atoms with Gasteiger partial charge >= 0.3 is 0 Å². The molecule has 0 aliphatic carbocycles. The predicted molar refractivity (Wildman–Crippen MR) is 75.8 cm³/mol. The van der Waals surface area contributed by atoms with Crippen molar-refractivity contribution in [1.29, 1.82) is 0 Å². The van der Waals surface area contributed by atoms with Gasteiger partial charge in [0.15, 0.2) is 0 Å². The van der Waals surface area contributed by atoms with Crippen LogP contribution in [0.4, 0.5) is 0 Å². The third kappa shape index (κ3) is 3.99. The van der Waals surface area contributed by atoms with E-state index in [1.807, 2.05) is 13.8 Å². The molecular formula is C13H19BrN2O2. The van der Waals surface area contributed by atoms with Crippen LogP contribution in [0.3, 0.4) is 0 Å². The lowest BCUT2D eigenvalue weighted by atomic mass is 10.1. The third-order valence-corrected chi connectivity index (χ3v) is 3.39. The SMILES string of the molecule is COc1ccc(C(=O)NCC(N)C(C)C)cc1Br. The summed E-state index contributed by atoms with van der Waals surface area (Å²) in [6.45, 7) is 4.53. The summed E-state index contributed by atoms with van der Waals surface area (Å²) in [5, 5.41) is 2.82. The van der Waals surface area contributed by atoms with Crippen LogP contribution in [0.5, 0.6) is 5.75 Å². The molecule has 0 heterocycles. The average molecular weight is 315 g/mol. The molecule has 18 heavy (non-hydrogen) atoms. The largest absolute Gasteiger partial charge is 0.496 e. The highest BCUT2D eigenvalue weighted by Crippen LogP contribution is 2.25. The number of carbonyl (C=O) groups excluding carboxylic acids is 1. The Morgan fingerprint density at radius 3 is 2.67 bits per heavy atom. The van der Waals surface area contributed by atoms with Crippen molar-refractivity contribution < 1.29 is 9.53 Å². The van der Waals surface area contributed by atoms with Gasteiger partial charge in [0.05, 0.1) is 11.6 Å². The zero-order valence-electron chi connectivity index (χ0n) is 10.9. The average Bonchev–Trinajstić information content (AvgIpc) is 2.35. The van der Waals surface area contributed by atoms with Gasteiger partial charge in [-0.1, -0.05) is 13.8 Å². The lowest BCUT2D eigenvalue weighted by Crippen LogP contribution is -2.40. The van der Waals surface area contributed by atoms with Crippen LogP contribution < -0.4 is 15.8 Å². The second-order valence-corrected chi connectivity index (χ2v) is 5.32. The van der Waals surface area contributed by atoms with E-state index in [2.05, 4.69) is 21.2 Å². The minimum Gasteiger partial charge on any atom is -0.496 e. The summed E-state index contributed by atoms with van der Waals surface area (Å²) in [5.74, 6) is 0.910. The Bertz CT molecular complexity index is 421. The molecule has 3 N–H and O–H groups in total. The zero-order valence-corrected chi connectivity index (χ0v) is 12.5. The molecule has 0 spiro atoms. The molecule has 1 aromatic carbocycles. The highest BCUT2D eigenvalue weighted by atomic mass is 79.9. The number of methoxy groups -OCH3 is 1. The van der Waals surface area contributed by atoms with E-state index in [1.165, 1.54) is 0 Å². The number of ether oxygens (including phenoxy) is 1. The van der Waals surface area contributed by atoms with Crippen LogP contribution in [0.2, 0.25) is 0 Å². The maximum Gasteiger partial charge on any atom is 0.251 e. The van der Waals surface area contributed by atoms with Gasteiger partial charge in [-0.3, -0.25) is 4.79 Å². The van der Waals surface area contributed by atoms with Crippen LogP contribution in [-0.2, 0) is 0 Å². The normalized spacial score (nSPS) is 12.3. The number of hydrogen-bond donors (Lipinski definition) is 2. The van der Waals surface area contributed by atoms with Crippen LogP contribution in [0, 0.1) is 5.92 Å². The van der Waals surface area contributed by atoms with Crippen LogP contribution in [0.25, 0.3) is 0 Å². The maximum absolute atomic E-state index is 11.9. The van der Waals surface area contributed by atoms with Gasteiger partial charge in [-0.2, -0.15) is 0 Å². The summed E-state index contributed by atoms with van der Waals surface area (Å²) in [5.41, 5.74) is 6.46. The van der Waals surface area contributed by atoms with Crippen molar-refractivity contribution in [3.8, 4) is 5.75 Å². The van der Waals surface area contributed by atoms with E-state index < -0.39 is 0 Å². The van der Waals surface area contributed by atoms with Gasteiger partial charge in [0.1, 0.15) is 5.75 Å². The molecule has 0 radical (unpaired) electrons. The lowest BCUT2D eigenvalue weighted by Gasteiger charge is -2.16. The summed E-state index contributed by atoms with van der Waals surface area (Å²) in [7, 11) is 1.58. The highest BCUT2D eigenvalue weighted by Gasteiger charge is 2.12. The first kappa shape index (κ1) is 15.0. The van der Waals surface area contributed by atoms with E-state index >= 15 is 0 Å². The lowest BCUT2D eigenvalue weighted by molar-refractivity contribution is 0.0949. The number of rotatable bonds is 5. The van der Waals surface area contributed by atoms with Gasteiger partial charge in [0.25, 0.3) is 5.91 Å². The Kier molecular flexibility index (Phi) is 5.62. The molecule has 0 aliphatic rings. The molecule has 1 amide bonds. The number of nitrogens with one attached hydrogen (secondary N) is 1. The van der Waals surface area contributed by atoms with Gasteiger partial charge in [0, 0.05) is 18.2 Å². The zero-order chi connectivity index (χ0) is 13.7. The Balaban J connectivity index is 2.65. The van der Waals surface area contributed by atoms with Crippen molar-refractivity contribution in [1.82, 2.24) is 5.32 Å². The van der Waals surface area contributed by atoms with Crippen LogP contribution in [0.1, 0.15) is 24.2 Å². The van der Waals surface area contributed by atoms with E-state index in [1.54, 1.807) is 25.3 Å². The fourth-order valence-electron chi connectivity index (χ4n) is 1.36. The minimum absolute atomic E-state index is 0.0318. The predicted octanol–water partition coefficient (Wildman–Crippen LogP) is 2.17. The Labute approximate surface area is 116 Å². The fraction of sp³-hybridized carbons (Fsp3) is 0.462. The molecule has 0 bridgehead atoms. The number of nitrogens with two attached hydrogens (primary N) is 1. The summed E-state index contributed by atoms with van der Waals surface area (Å²) in [6, 6.07) is 5.17. The van der Waals surface area contributed by atoms with Crippen molar-refractivity contribution in [2.24, 2.45) is 11.7 Å². The first-order chi connectivity index (χ1) is 8.45. The molecule has 0 saturated heterocycles. The molecule has 0 aromatic heterocycles. The van der Waals surface area contributed by atoms with Gasteiger partial charge < -0.3 is 15.8 Å². The number of halogens is 1. The molecule has 0 fully saturated rings. The van der Waals surface area contributed by atoms with Gasteiger partial charge in [-0.15, -0.1) is 0 Å². The fourth-order valence-corrected chi connectivity index (χ4v) is 1.90. The minimum atomic E-state index is -0.130.